The predicted octanol–water partition coefficient (Wildman–Crippen LogP) is 14.3. The summed E-state index contributed by atoms with van der Waals surface area (Å²) < 4.78 is 4.59. The first kappa shape index (κ1) is 34.6. The van der Waals surface area contributed by atoms with E-state index in [9.17, 15) is 0 Å². The molecule has 0 unspecified atom stereocenters. The van der Waals surface area contributed by atoms with Gasteiger partial charge in [-0.1, -0.05) is 136 Å². The highest BCUT2D eigenvalue weighted by atomic mass is 15.1. The molecule has 0 aliphatic rings. The van der Waals surface area contributed by atoms with Crippen LogP contribution in [0.3, 0.4) is 0 Å². The first-order valence-corrected chi connectivity index (χ1v) is 19.4. The second-order valence-corrected chi connectivity index (χ2v) is 13.7. The fourth-order valence-electron chi connectivity index (χ4n) is 8.05. The number of nitrogens with zero attached hydrogens (tertiary/aromatic N) is 3. The van der Waals surface area contributed by atoms with Crippen LogP contribution in [0.25, 0.3) is 93.8 Å². The molecule has 4 aromatic heterocycles. The number of benzene rings is 6. The van der Waals surface area contributed by atoms with Crippen LogP contribution in [0.1, 0.15) is 26.5 Å². The molecule has 10 aromatic rings. The number of nitrogens with one attached hydrogen (secondary N) is 1. The average molecular weight is 723 g/mol. The van der Waals surface area contributed by atoms with E-state index >= 15 is 0 Å². The van der Waals surface area contributed by atoms with E-state index in [-0.39, 0.29) is 0 Å². The van der Waals surface area contributed by atoms with Crippen molar-refractivity contribution < 1.29 is 0 Å². The van der Waals surface area contributed by atoms with Crippen LogP contribution in [0.15, 0.2) is 189 Å². The molecular formula is C52H42N4. The normalized spacial score (nSPS) is 11.9. The Morgan fingerprint density at radius 2 is 1.34 bits per heavy atom. The molecule has 0 fully saturated rings. The van der Waals surface area contributed by atoms with Crippen LogP contribution in [-0.2, 0) is 0 Å². The molecule has 10 rings (SSSR count). The Labute approximate surface area is 327 Å². The summed E-state index contributed by atoms with van der Waals surface area (Å²) in [5.41, 5.74) is 13.4. The molecule has 0 bridgehead atoms. The van der Waals surface area contributed by atoms with Gasteiger partial charge in [0.05, 0.1) is 27.8 Å². The number of hydrogen-bond acceptors (Lipinski definition) is 1. The van der Waals surface area contributed by atoms with E-state index < -0.39 is 0 Å². The molecule has 4 heteroatoms. The van der Waals surface area contributed by atoms with Crippen molar-refractivity contribution in [2.75, 3.05) is 0 Å². The number of H-pyrrole nitrogens is 1. The lowest BCUT2D eigenvalue weighted by atomic mass is 10.0. The Balaban J connectivity index is 0.00000202. The van der Waals surface area contributed by atoms with Gasteiger partial charge in [-0.25, -0.2) is 4.98 Å². The average Bonchev–Trinajstić information content (AvgIpc) is 3.97. The lowest BCUT2D eigenvalue weighted by Gasteiger charge is -2.13. The minimum atomic E-state index is 0.878. The van der Waals surface area contributed by atoms with Gasteiger partial charge in [-0.2, -0.15) is 0 Å². The zero-order valence-corrected chi connectivity index (χ0v) is 31.9. The van der Waals surface area contributed by atoms with Gasteiger partial charge in [0.15, 0.2) is 0 Å². The maximum Gasteiger partial charge on any atom is 0.138 e. The van der Waals surface area contributed by atoms with Crippen molar-refractivity contribution in [2.24, 2.45) is 0 Å². The molecule has 0 spiro atoms. The van der Waals surface area contributed by atoms with Crippen LogP contribution in [-0.4, -0.2) is 19.1 Å². The molecule has 270 valence electrons. The van der Waals surface area contributed by atoms with Crippen LogP contribution in [0, 0.1) is 0 Å². The van der Waals surface area contributed by atoms with Gasteiger partial charge in [-0.3, -0.25) is 4.57 Å². The first-order valence-electron chi connectivity index (χ1n) is 19.4. The molecular weight excluding hydrogens is 681 g/mol. The lowest BCUT2D eigenvalue weighted by molar-refractivity contribution is 1.07. The highest BCUT2D eigenvalue weighted by molar-refractivity contribution is 6.17. The van der Waals surface area contributed by atoms with Crippen molar-refractivity contribution in [3.05, 3.63) is 194 Å². The maximum atomic E-state index is 5.31. The van der Waals surface area contributed by atoms with Gasteiger partial charge in [-0.15, -0.1) is 0 Å². The van der Waals surface area contributed by atoms with Gasteiger partial charge >= 0.3 is 0 Å². The number of fused-ring (bicyclic) bond motifs is 8. The number of aromatic nitrogens is 4. The van der Waals surface area contributed by atoms with Gasteiger partial charge < -0.3 is 9.55 Å². The van der Waals surface area contributed by atoms with Crippen LogP contribution >= 0.6 is 0 Å². The summed E-state index contributed by atoms with van der Waals surface area (Å²) in [6, 6.07) is 54.5. The molecule has 1 N–H and O–H groups in total. The molecule has 4 nitrogen and oxygen atoms in total. The van der Waals surface area contributed by atoms with E-state index in [1.54, 1.807) is 6.08 Å². The number of aromatic amines is 1. The molecule has 0 saturated carbocycles. The van der Waals surface area contributed by atoms with Gasteiger partial charge in [-0.05, 0) is 95.4 Å². The molecule has 0 aliphatic carbocycles. The summed E-state index contributed by atoms with van der Waals surface area (Å²) in [6.07, 6.45) is 10.1. The third-order valence-electron chi connectivity index (χ3n) is 10.6. The topological polar surface area (TPSA) is 38.5 Å². The zero-order valence-electron chi connectivity index (χ0n) is 31.9. The SMILES string of the molecule is C=C/C=C\C(=C/C)c1cc(-c2ccccc2)cc(-n2c3ccccc3c3cc(-c4ccc5[nH]c6c(ccc7ccn(-c8ccccc8)c76)c5c4)ccc32)n1.CC. The summed E-state index contributed by atoms with van der Waals surface area (Å²) in [7, 11) is 0. The summed E-state index contributed by atoms with van der Waals surface area (Å²) in [4.78, 5) is 9.08. The molecule has 6 aromatic carbocycles. The Morgan fingerprint density at radius 1 is 0.625 bits per heavy atom. The maximum absolute atomic E-state index is 5.31. The predicted molar refractivity (Wildman–Crippen MR) is 240 cm³/mol. The quantitative estimate of drug-likeness (QED) is 0.163. The third-order valence-corrected chi connectivity index (χ3v) is 10.6. The van der Waals surface area contributed by atoms with Crippen LogP contribution in [0.5, 0.6) is 0 Å². The molecule has 0 radical (unpaired) electrons. The summed E-state index contributed by atoms with van der Waals surface area (Å²) >= 11 is 0. The minimum absolute atomic E-state index is 0.878. The summed E-state index contributed by atoms with van der Waals surface area (Å²) in [6.45, 7) is 9.94. The van der Waals surface area contributed by atoms with Gasteiger partial charge in [0.1, 0.15) is 5.82 Å². The molecule has 0 aliphatic heterocycles. The van der Waals surface area contributed by atoms with Crippen molar-refractivity contribution >= 4 is 60.1 Å². The number of pyridine rings is 1. The summed E-state index contributed by atoms with van der Waals surface area (Å²) in [5, 5.41) is 6.03. The van der Waals surface area contributed by atoms with Crippen molar-refractivity contribution in [1.82, 2.24) is 19.1 Å². The molecule has 0 atom stereocenters. The Bertz CT molecular complexity index is 3120. The summed E-state index contributed by atoms with van der Waals surface area (Å²) in [5.74, 6) is 0.878. The van der Waals surface area contributed by atoms with Crippen molar-refractivity contribution in [1.29, 1.82) is 0 Å². The van der Waals surface area contributed by atoms with Crippen molar-refractivity contribution in [2.45, 2.75) is 20.8 Å². The van der Waals surface area contributed by atoms with Crippen LogP contribution in [0.4, 0.5) is 0 Å². The minimum Gasteiger partial charge on any atom is -0.353 e. The molecule has 0 amide bonds. The number of allylic oxidation sites excluding steroid dienone is 5. The van der Waals surface area contributed by atoms with Crippen LogP contribution in [0.2, 0.25) is 0 Å². The molecule has 0 saturated heterocycles. The smallest absolute Gasteiger partial charge is 0.138 e. The number of para-hydroxylation sites is 2. The number of hydrogen-bond donors (Lipinski definition) is 1. The van der Waals surface area contributed by atoms with Gasteiger partial charge in [0.2, 0.25) is 0 Å². The first-order chi connectivity index (χ1) is 27.7. The molecule has 56 heavy (non-hydrogen) atoms. The fourth-order valence-corrected chi connectivity index (χ4v) is 8.05. The highest BCUT2D eigenvalue weighted by Crippen LogP contribution is 2.39. The lowest BCUT2D eigenvalue weighted by Crippen LogP contribution is -2.01. The van der Waals surface area contributed by atoms with E-state index in [2.05, 4.69) is 198 Å². The third kappa shape index (κ3) is 5.84. The largest absolute Gasteiger partial charge is 0.353 e. The van der Waals surface area contributed by atoms with E-state index in [1.807, 2.05) is 19.9 Å². The van der Waals surface area contributed by atoms with E-state index in [4.69, 9.17) is 4.98 Å². The second kappa shape index (κ2) is 14.6. The Kier molecular flexibility index (Phi) is 9.00. The highest BCUT2D eigenvalue weighted by Gasteiger charge is 2.18. The monoisotopic (exact) mass is 722 g/mol. The van der Waals surface area contributed by atoms with Gasteiger partial charge in [0.25, 0.3) is 0 Å². The van der Waals surface area contributed by atoms with E-state index in [1.165, 1.54) is 43.6 Å². The van der Waals surface area contributed by atoms with Crippen molar-refractivity contribution in [3.8, 4) is 33.8 Å². The van der Waals surface area contributed by atoms with Crippen molar-refractivity contribution in [3.63, 3.8) is 0 Å². The van der Waals surface area contributed by atoms with Gasteiger partial charge in [0, 0.05) is 44.3 Å². The number of rotatable bonds is 7. The second-order valence-electron chi connectivity index (χ2n) is 13.7. The van der Waals surface area contributed by atoms with E-state index in [0.29, 0.717) is 0 Å². The zero-order chi connectivity index (χ0) is 38.2. The Hall–Kier alpha value is -7.17. The Morgan fingerprint density at radius 3 is 2.12 bits per heavy atom. The van der Waals surface area contributed by atoms with Crippen LogP contribution < -0.4 is 0 Å². The molecule has 4 heterocycles. The standard InChI is InChI=1S/C50H36N4.C2H6/c1-3-5-14-33(4-2)45-31-38(34-15-8-6-9-16-34)32-48(51-45)54-46-20-13-12-19-40(46)43-30-37(23-26-47(43)54)36-22-25-44-42(29-36)41-24-21-35-27-28-53(50(35)49(41)52-44)39-17-10-7-11-18-39;1-2/h3-32,52H,1H2,2H3;1-2H3/b14-5-,33-4+;. The fraction of sp³-hybridized carbons (Fsp3) is 0.0577. The van der Waals surface area contributed by atoms with E-state index in [0.717, 1.165) is 56.0 Å².